The van der Waals surface area contributed by atoms with Crippen LogP contribution in [0.25, 0.3) is 56.0 Å². The second-order valence-corrected chi connectivity index (χ2v) is 9.95. The summed E-state index contributed by atoms with van der Waals surface area (Å²) in [6.07, 6.45) is 11.0. The fraction of sp³-hybridized carbons (Fsp3) is 0.207. The minimum absolute atomic E-state index is 0.174. The van der Waals surface area contributed by atoms with E-state index in [2.05, 4.69) is 41.1 Å². The smallest absolute Gasteiger partial charge is 0.159 e. The van der Waals surface area contributed by atoms with Crippen molar-refractivity contribution in [3.05, 3.63) is 72.6 Å². The molecule has 0 aliphatic carbocycles. The number of hydrogen-bond acceptors (Lipinski definition) is 7. The van der Waals surface area contributed by atoms with E-state index in [4.69, 9.17) is 4.98 Å². The molecule has 194 valence electrons. The molecule has 1 aromatic carbocycles. The van der Waals surface area contributed by atoms with Crippen LogP contribution in [0.5, 0.6) is 5.75 Å². The number of benzene rings is 1. The summed E-state index contributed by atoms with van der Waals surface area (Å²) in [6, 6.07) is 9.80. The lowest BCUT2D eigenvalue weighted by atomic mass is 10.1. The molecule has 0 saturated carbocycles. The molecule has 0 unspecified atom stereocenters. The maximum atomic E-state index is 14.0. The maximum absolute atomic E-state index is 14.0. The summed E-state index contributed by atoms with van der Waals surface area (Å²) in [7, 11) is 0. The zero-order valence-electron chi connectivity index (χ0n) is 21.0. The van der Waals surface area contributed by atoms with Gasteiger partial charge in [0.05, 0.1) is 28.6 Å². The van der Waals surface area contributed by atoms with Crippen molar-refractivity contribution >= 4 is 21.9 Å². The van der Waals surface area contributed by atoms with Crippen LogP contribution in [0.3, 0.4) is 0 Å². The van der Waals surface area contributed by atoms with Gasteiger partial charge in [0.25, 0.3) is 0 Å². The molecular formula is C29H25FN8O. The average Bonchev–Trinajstić information content (AvgIpc) is 3.57. The molecule has 6 aromatic rings. The Hall–Kier alpha value is -4.70. The number of nitrogens with zero attached hydrogens (tertiary/aromatic N) is 6. The van der Waals surface area contributed by atoms with Gasteiger partial charge in [-0.1, -0.05) is 6.42 Å². The summed E-state index contributed by atoms with van der Waals surface area (Å²) in [5, 5.41) is 18.3. The van der Waals surface area contributed by atoms with E-state index in [-0.39, 0.29) is 5.75 Å². The number of aromatic nitrogens is 7. The van der Waals surface area contributed by atoms with Gasteiger partial charge in [0.15, 0.2) is 5.82 Å². The molecule has 0 radical (unpaired) electrons. The van der Waals surface area contributed by atoms with Crippen molar-refractivity contribution < 1.29 is 9.50 Å². The largest absolute Gasteiger partial charge is 0.508 e. The van der Waals surface area contributed by atoms with Crippen molar-refractivity contribution in [2.45, 2.75) is 25.8 Å². The number of imidazole rings is 1. The van der Waals surface area contributed by atoms with Gasteiger partial charge in [-0.3, -0.25) is 25.0 Å². The quantitative estimate of drug-likeness (QED) is 0.276. The molecule has 0 spiro atoms. The molecular weight excluding hydrogens is 495 g/mol. The van der Waals surface area contributed by atoms with Gasteiger partial charge >= 0.3 is 0 Å². The Morgan fingerprint density at radius 3 is 2.67 bits per heavy atom. The van der Waals surface area contributed by atoms with Crippen LogP contribution in [0.2, 0.25) is 0 Å². The van der Waals surface area contributed by atoms with E-state index in [0.29, 0.717) is 28.3 Å². The van der Waals surface area contributed by atoms with E-state index < -0.39 is 5.82 Å². The van der Waals surface area contributed by atoms with Crippen LogP contribution in [0.1, 0.15) is 24.8 Å². The minimum Gasteiger partial charge on any atom is -0.508 e. The van der Waals surface area contributed by atoms with Crippen LogP contribution in [-0.4, -0.2) is 58.2 Å². The number of piperidine rings is 1. The summed E-state index contributed by atoms with van der Waals surface area (Å²) < 4.78 is 14.0. The summed E-state index contributed by atoms with van der Waals surface area (Å²) in [4.78, 5) is 24.1. The van der Waals surface area contributed by atoms with Crippen molar-refractivity contribution in [3.63, 3.8) is 0 Å². The van der Waals surface area contributed by atoms with Crippen molar-refractivity contribution in [2.75, 3.05) is 13.1 Å². The summed E-state index contributed by atoms with van der Waals surface area (Å²) in [5.74, 6) is -0.181. The molecule has 1 aliphatic heterocycles. The van der Waals surface area contributed by atoms with Crippen LogP contribution < -0.4 is 0 Å². The molecule has 9 nitrogen and oxygen atoms in total. The number of fused-ring (bicyclic) bond motifs is 2. The first-order chi connectivity index (χ1) is 19.1. The van der Waals surface area contributed by atoms with E-state index in [1.165, 1.54) is 37.0 Å². The number of pyridine rings is 3. The lowest BCUT2D eigenvalue weighted by Gasteiger charge is -2.26. The number of phenols is 1. The van der Waals surface area contributed by atoms with Gasteiger partial charge in [-0.2, -0.15) is 5.10 Å². The topological polar surface area (TPSA) is 120 Å². The normalized spacial score (nSPS) is 14.4. The number of rotatable bonds is 5. The summed E-state index contributed by atoms with van der Waals surface area (Å²) >= 11 is 0. The monoisotopic (exact) mass is 520 g/mol. The Balaban J connectivity index is 1.26. The zero-order valence-corrected chi connectivity index (χ0v) is 21.0. The van der Waals surface area contributed by atoms with Crippen LogP contribution in [0, 0.1) is 5.82 Å². The van der Waals surface area contributed by atoms with E-state index >= 15 is 0 Å². The number of aromatic amines is 2. The van der Waals surface area contributed by atoms with Crippen molar-refractivity contribution in [1.29, 1.82) is 0 Å². The third kappa shape index (κ3) is 4.48. The second kappa shape index (κ2) is 9.55. The second-order valence-electron chi connectivity index (χ2n) is 9.95. The first-order valence-corrected chi connectivity index (χ1v) is 13.0. The van der Waals surface area contributed by atoms with Gasteiger partial charge in [0.2, 0.25) is 0 Å². The SMILES string of the molecule is Oc1cc(F)cc(-c2nccc3[nH]c(-c4n[nH]c5cnc(-c6cncc(CN7CCCCC7)c6)cc45)nc23)c1. The highest BCUT2D eigenvalue weighted by atomic mass is 19.1. The average molecular weight is 521 g/mol. The first-order valence-electron chi connectivity index (χ1n) is 13.0. The van der Waals surface area contributed by atoms with Crippen molar-refractivity contribution in [2.24, 2.45) is 0 Å². The Morgan fingerprint density at radius 2 is 1.79 bits per heavy atom. The lowest BCUT2D eigenvalue weighted by molar-refractivity contribution is 0.220. The highest BCUT2D eigenvalue weighted by Gasteiger charge is 2.18. The predicted octanol–water partition coefficient (Wildman–Crippen LogP) is 5.46. The van der Waals surface area contributed by atoms with Crippen molar-refractivity contribution in [3.8, 4) is 39.8 Å². The molecule has 5 aromatic heterocycles. The highest BCUT2D eigenvalue weighted by molar-refractivity contribution is 5.96. The third-order valence-corrected chi connectivity index (χ3v) is 7.17. The molecule has 10 heteroatoms. The Labute approximate surface area is 222 Å². The van der Waals surface area contributed by atoms with Gasteiger partial charge < -0.3 is 10.1 Å². The molecule has 7 rings (SSSR count). The molecule has 6 heterocycles. The van der Waals surface area contributed by atoms with E-state index in [1.54, 1.807) is 18.5 Å². The fourth-order valence-electron chi connectivity index (χ4n) is 5.31. The maximum Gasteiger partial charge on any atom is 0.159 e. The number of halogens is 1. The van der Waals surface area contributed by atoms with E-state index in [9.17, 15) is 9.50 Å². The van der Waals surface area contributed by atoms with Gasteiger partial charge in [0, 0.05) is 47.7 Å². The minimum atomic E-state index is -0.549. The molecule has 0 atom stereocenters. The van der Waals surface area contributed by atoms with E-state index in [0.717, 1.165) is 53.4 Å². The fourth-order valence-corrected chi connectivity index (χ4v) is 5.31. The molecule has 3 N–H and O–H groups in total. The third-order valence-electron chi connectivity index (χ3n) is 7.17. The Bertz CT molecular complexity index is 1800. The number of aromatic hydroxyl groups is 1. The van der Waals surface area contributed by atoms with Crippen LogP contribution in [-0.2, 0) is 6.54 Å². The zero-order chi connectivity index (χ0) is 26.3. The Morgan fingerprint density at radius 1 is 0.897 bits per heavy atom. The molecule has 1 fully saturated rings. The van der Waals surface area contributed by atoms with Crippen LogP contribution in [0.4, 0.5) is 4.39 Å². The summed E-state index contributed by atoms with van der Waals surface area (Å²) in [5.41, 5.74) is 6.50. The molecule has 1 aliphatic rings. The summed E-state index contributed by atoms with van der Waals surface area (Å²) in [6.45, 7) is 3.14. The number of H-pyrrole nitrogens is 2. The first kappa shape index (κ1) is 23.4. The van der Waals surface area contributed by atoms with Crippen molar-refractivity contribution in [1.82, 2.24) is 40.0 Å². The lowest BCUT2D eigenvalue weighted by Crippen LogP contribution is -2.29. The van der Waals surface area contributed by atoms with Crippen LogP contribution in [0.15, 0.2) is 61.2 Å². The van der Waals surface area contributed by atoms with Crippen LogP contribution >= 0.6 is 0 Å². The van der Waals surface area contributed by atoms with Gasteiger partial charge in [-0.05, 0) is 61.8 Å². The number of phenolic OH excluding ortho intramolecular Hbond substituents is 1. The van der Waals surface area contributed by atoms with Gasteiger partial charge in [0.1, 0.15) is 22.8 Å². The predicted molar refractivity (Wildman–Crippen MR) is 146 cm³/mol. The number of nitrogens with one attached hydrogen (secondary N) is 2. The highest BCUT2D eigenvalue weighted by Crippen LogP contribution is 2.33. The molecule has 1 saturated heterocycles. The number of likely N-dealkylation sites (tertiary alicyclic amines) is 1. The number of hydrogen-bond donors (Lipinski definition) is 3. The van der Waals surface area contributed by atoms with E-state index in [1.807, 2.05) is 18.5 Å². The Kier molecular flexibility index (Phi) is 5.74. The molecule has 0 bridgehead atoms. The standard InChI is InChI=1S/C29H25FN8O/c30-20-9-18(10-21(39)11-20)26-28-23(4-5-32-26)34-29(35-28)27-22-12-24(33-15-25(22)36-37-27)19-8-17(13-31-14-19)16-38-6-2-1-3-7-38/h4-5,8-15,39H,1-3,6-7,16H2,(H,34,35)(H,36,37). The van der Waals surface area contributed by atoms with Gasteiger partial charge in [-0.15, -0.1) is 0 Å². The van der Waals surface area contributed by atoms with Gasteiger partial charge in [-0.25, -0.2) is 9.37 Å². The molecule has 39 heavy (non-hydrogen) atoms. The molecule has 0 amide bonds.